The fraction of sp³-hybridized carbons (Fsp3) is 1.00. The first-order valence-electron chi connectivity index (χ1n) is 3.90. The lowest BCUT2D eigenvalue weighted by atomic mass is 10.4. The maximum Gasteiger partial charge on any atom is 0.302 e. The van der Waals surface area contributed by atoms with Crippen molar-refractivity contribution in [1.82, 2.24) is 0 Å². The topological polar surface area (TPSA) is 18.5 Å². The summed E-state index contributed by atoms with van der Waals surface area (Å²) >= 11 is 0. The van der Waals surface area contributed by atoms with Crippen molar-refractivity contribution >= 4 is 29.5 Å². The largest absolute Gasteiger partial charge is 0.447 e. The molecule has 0 spiro atoms. The van der Waals surface area contributed by atoms with Crippen LogP contribution in [0.4, 0.5) is 0 Å². The van der Waals surface area contributed by atoms with Gasteiger partial charge in [-0.05, 0) is 5.54 Å². The summed E-state index contributed by atoms with van der Waals surface area (Å²) in [6, 6.07) is 0. The van der Waals surface area contributed by atoms with Crippen molar-refractivity contribution in [3.05, 3.63) is 0 Å². The summed E-state index contributed by atoms with van der Waals surface area (Å²) in [6.45, 7) is 6.60. The van der Waals surface area contributed by atoms with Gasteiger partial charge in [0.15, 0.2) is 0 Å². The molecule has 0 aliphatic carbocycles. The Bertz CT molecular complexity index is 81.3. The summed E-state index contributed by atoms with van der Waals surface area (Å²) < 4.78 is 11.1. The van der Waals surface area contributed by atoms with Crippen LogP contribution in [0.1, 0.15) is 20.3 Å². The van der Waals surface area contributed by atoms with E-state index >= 15 is 0 Å². The maximum atomic E-state index is 5.63. The number of rotatable bonds is 5. The standard InChI is InChI=1S/C5H18O2Si3/c1-4-5(2)10(6-8)7-9-3/h5,10H,4,9H2,1-3,8H3. The zero-order valence-electron chi connectivity index (χ0n) is 7.39. The van der Waals surface area contributed by atoms with E-state index in [1.807, 2.05) is 0 Å². The summed E-state index contributed by atoms with van der Waals surface area (Å²) in [5, 5.41) is 0. The van der Waals surface area contributed by atoms with Crippen LogP contribution >= 0.6 is 0 Å². The predicted molar refractivity (Wildman–Crippen MR) is 53.4 cm³/mol. The average Bonchev–Trinajstić information content (AvgIpc) is 1.99. The van der Waals surface area contributed by atoms with E-state index in [1.54, 1.807) is 0 Å². The van der Waals surface area contributed by atoms with E-state index in [0.717, 1.165) is 10.5 Å². The number of hydrogen-bond donors (Lipinski definition) is 0. The molecule has 0 radical (unpaired) electrons. The highest BCUT2D eigenvalue weighted by atomic mass is 28.4. The summed E-state index contributed by atoms with van der Waals surface area (Å²) in [6.07, 6.45) is 1.20. The molecule has 2 nitrogen and oxygen atoms in total. The molecule has 2 unspecified atom stereocenters. The van der Waals surface area contributed by atoms with Gasteiger partial charge in [0.05, 0.1) is 0 Å². The molecule has 0 rings (SSSR count). The maximum absolute atomic E-state index is 5.63. The molecule has 0 aliphatic heterocycles. The van der Waals surface area contributed by atoms with Crippen LogP contribution in [0.5, 0.6) is 0 Å². The van der Waals surface area contributed by atoms with E-state index in [-0.39, 0.29) is 9.76 Å². The van der Waals surface area contributed by atoms with Crippen LogP contribution in [-0.4, -0.2) is 29.5 Å². The average molecular weight is 194 g/mol. The highest BCUT2D eigenvalue weighted by Crippen LogP contribution is 2.13. The van der Waals surface area contributed by atoms with Crippen molar-refractivity contribution in [1.29, 1.82) is 0 Å². The van der Waals surface area contributed by atoms with Gasteiger partial charge in [0.1, 0.15) is 20.2 Å². The highest BCUT2D eigenvalue weighted by Gasteiger charge is 2.16. The van der Waals surface area contributed by atoms with Crippen LogP contribution in [0, 0.1) is 0 Å². The van der Waals surface area contributed by atoms with Gasteiger partial charge in [-0.25, -0.2) is 0 Å². The lowest BCUT2D eigenvalue weighted by Gasteiger charge is -2.19. The van der Waals surface area contributed by atoms with E-state index in [2.05, 4.69) is 20.4 Å². The first-order chi connectivity index (χ1) is 4.76. The summed E-state index contributed by atoms with van der Waals surface area (Å²) in [5.74, 6) is 0. The van der Waals surface area contributed by atoms with Gasteiger partial charge in [0.2, 0.25) is 0 Å². The quantitative estimate of drug-likeness (QED) is 0.547. The third-order valence-electron chi connectivity index (χ3n) is 1.67. The molecule has 0 saturated heterocycles. The molecule has 0 aromatic rings. The van der Waals surface area contributed by atoms with Crippen LogP contribution in [0.15, 0.2) is 0 Å². The molecule has 0 bridgehead atoms. The second-order valence-electron chi connectivity index (χ2n) is 2.44. The SMILES string of the molecule is CCC(C)[SiH](O[SiH3])O[SiH2]C. The van der Waals surface area contributed by atoms with Crippen LogP contribution in [-0.2, 0) is 8.23 Å². The van der Waals surface area contributed by atoms with Crippen molar-refractivity contribution in [2.75, 3.05) is 0 Å². The van der Waals surface area contributed by atoms with Gasteiger partial charge < -0.3 is 8.23 Å². The minimum atomic E-state index is -1.18. The summed E-state index contributed by atoms with van der Waals surface area (Å²) in [5.41, 5.74) is 0.699. The Morgan fingerprint density at radius 1 is 1.70 bits per heavy atom. The predicted octanol–water partition coefficient (Wildman–Crippen LogP) is -0.548. The van der Waals surface area contributed by atoms with Gasteiger partial charge in [-0.1, -0.05) is 26.8 Å². The smallest absolute Gasteiger partial charge is 0.302 e. The van der Waals surface area contributed by atoms with Crippen molar-refractivity contribution < 1.29 is 8.23 Å². The molecule has 0 N–H and O–H groups in total. The van der Waals surface area contributed by atoms with E-state index in [0.29, 0.717) is 5.54 Å². The Balaban J connectivity index is 3.56. The van der Waals surface area contributed by atoms with Gasteiger partial charge in [-0.2, -0.15) is 0 Å². The first-order valence-corrected chi connectivity index (χ1v) is 8.32. The Morgan fingerprint density at radius 3 is 2.60 bits per heavy atom. The van der Waals surface area contributed by atoms with E-state index in [4.69, 9.17) is 8.23 Å². The van der Waals surface area contributed by atoms with Crippen molar-refractivity contribution in [2.24, 2.45) is 0 Å². The van der Waals surface area contributed by atoms with Crippen LogP contribution < -0.4 is 0 Å². The fourth-order valence-corrected chi connectivity index (χ4v) is 7.46. The monoisotopic (exact) mass is 194 g/mol. The molecule has 0 aromatic heterocycles. The summed E-state index contributed by atoms with van der Waals surface area (Å²) in [4.78, 5) is 0. The van der Waals surface area contributed by atoms with Gasteiger partial charge in [0, 0.05) is 0 Å². The molecule has 0 fully saturated rings. The molecule has 0 saturated carbocycles. The van der Waals surface area contributed by atoms with Gasteiger partial charge in [0.25, 0.3) is 0 Å². The van der Waals surface area contributed by atoms with Crippen molar-refractivity contribution in [3.63, 3.8) is 0 Å². The Kier molecular flexibility index (Phi) is 6.65. The zero-order chi connectivity index (χ0) is 7.98. The summed E-state index contributed by atoms with van der Waals surface area (Å²) in [7, 11) is -0.573. The lowest BCUT2D eigenvalue weighted by Crippen LogP contribution is -2.27. The Morgan fingerprint density at radius 2 is 2.30 bits per heavy atom. The highest BCUT2D eigenvalue weighted by molar-refractivity contribution is 6.56. The molecule has 10 heavy (non-hydrogen) atoms. The van der Waals surface area contributed by atoms with Crippen LogP contribution in [0.2, 0.25) is 12.1 Å². The van der Waals surface area contributed by atoms with E-state index in [9.17, 15) is 0 Å². The van der Waals surface area contributed by atoms with Gasteiger partial charge in [-0.15, -0.1) is 0 Å². The minimum absolute atomic E-state index is 0.238. The minimum Gasteiger partial charge on any atom is -0.447 e. The van der Waals surface area contributed by atoms with Gasteiger partial charge >= 0.3 is 9.28 Å². The normalized spacial score (nSPS) is 18.3. The molecule has 0 amide bonds. The van der Waals surface area contributed by atoms with Crippen LogP contribution in [0.3, 0.4) is 0 Å². The Labute approximate surface area is 70.6 Å². The van der Waals surface area contributed by atoms with E-state index in [1.165, 1.54) is 6.42 Å². The Hall–Kier alpha value is 0.571. The number of hydrogen-bond acceptors (Lipinski definition) is 2. The third kappa shape index (κ3) is 3.67. The molecular weight excluding hydrogens is 176 g/mol. The third-order valence-corrected chi connectivity index (χ3v) is 7.58. The van der Waals surface area contributed by atoms with Crippen molar-refractivity contribution in [3.8, 4) is 0 Å². The molecule has 5 heteroatoms. The second kappa shape index (κ2) is 6.29. The fourth-order valence-electron chi connectivity index (χ4n) is 0.821. The van der Waals surface area contributed by atoms with E-state index < -0.39 is 9.28 Å². The lowest BCUT2D eigenvalue weighted by molar-refractivity contribution is 0.439. The molecule has 2 atom stereocenters. The first kappa shape index (κ1) is 10.6. The molecule has 62 valence electrons. The van der Waals surface area contributed by atoms with Gasteiger partial charge in [-0.3, -0.25) is 0 Å². The molecule has 0 heterocycles. The second-order valence-corrected chi connectivity index (χ2v) is 8.12. The van der Waals surface area contributed by atoms with Crippen LogP contribution in [0.25, 0.3) is 0 Å². The zero-order valence-corrected chi connectivity index (χ0v) is 12.0. The molecular formula is C5H18O2Si3. The molecule has 0 aromatic carbocycles. The molecule has 0 aliphatic rings. The van der Waals surface area contributed by atoms with Crippen molar-refractivity contribution in [2.45, 2.75) is 32.4 Å².